The van der Waals surface area contributed by atoms with Crippen LogP contribution in [0, 0.1) is 6.92 Å². The van der Waals surface area contributed by atoms with Crippen LogP contribution < -0.4 is 10.0 Å². The molecule has 9 heteroatoms. The third kappa shape index (κ3) is 5.48. The van der Waals surface area contributed by atoms with Crippen LogP contribution in [0.1, 0.15) is 15.4 Å². The largest absolute Gasteiger partial charge is 0.383 e. The lowest BCUT2D eigenvalue weighted by Crippen LogP contribution is -2.27. The summed E-state index contributed by atoms with van der Waals surface area (Å²) >= 11 is 1.57. The number of carbonyl (C=O) groups excluding carboxylic acids is 1. The zero-order valence-electron chi connectivity index (χ0n) is 16.0. The molecule has 1 amide bonds. The molecule has 1 heterocycles. The van der Waals surface area contributed by atoms with Gasteiger partial charge in [-0.3, -0.25) is 4.79 Å². The lowest BCUT2D eigenvalue weighted by molar-refractivity contribution is 0.102. The van der Waals surface area contributed by atoms with E-state index in [2.05, 4.69) is 15.0 Å². The fourth-order valence-electron chi connectivity index (χ4n) is 2.60. The second kappa shape index (κ2) is 9.27. The molecule has 0 fully saturated rings. The zero-order chi connectivity index (χ0) is 20.9. The molecule has 2 aromatic carbocycles. The van der Waals surface area contributed by atoms with Crippen LogP contribution in [0.4, 0.5) is 5.69 Å². The number of hydrogen-bond acceptors (Lipinski definition) is 6. The Morgan fingerprint density at radius 2 is 1.93 bits per heavy atom. The maximum Gasteiger partial charge on any atom is 0.255 e. The molecule has 0 spiro atoms. The minimum Gasteiger partial charge on any atom is -0.383 e. The summed E-state index contributed by atoms with van der Waals surface area (Å²) in [4.78, 5) is 17.1. The number of aromatic nitrogens is 1. The molecule has 0 radical (unpaired) electrons. The normalized spacial score (nSPS) is 11.4. The summed E-state index contributed by atoms with van der Waals surface area (Å²) in [6, 6.07) is 13.2. The van der Waals surface area contributed by atoms with Crippen LogP contribution in [0.25, 0.3) is 11.3 Å². The number of rotatable bonds is 8. The number of methoxy groups -OCH3 is 1. The molecule has 0 aliphatic heterocycles. The van der Waals surface area contributed by atoms with E-state index in [4.69, 9.17) is 4.74 Å². The van der Waals surface area contributed by atoms with Crippen molar-refractivity contribution in [3.05, 3.63) is 64.5 Å². The molecule has 0 bridgehead atoms. The Kier molecular flexibility index (Phi) is 6.75. The summed E-state index contributed by atoms with van der Waals surface area (Å²) < 4.78 is 31.6. The molecular weight excluding hydrogens is 410 g/mol. The van der Waals surface area contributed by atoms with Crippen molar-refractivity contribution in [3.63, 3.8) is 0 Å². The summed E-state index contributed by atoms with van der Waals surface area (Å²) in [5.41, 5.74) is 2.77. The van der Waals surface area contributed by atoms with Crippen molar-refractivity contribution in [2.45, 2.75) is 11.8 Å². The van der Waals surface area contributed by atoms with Crippen LogP contribution in [0.5, 0.6) is 0 Å². The molecule has 0 saturated carbocycles. The number of ether oxygens (including phenoxy) is 1. The number of nitrogens with one attached hydrogen (secondary N) is 2. The number of sulfonamides is 1. The van der Waals surface area contributed by atoms with E-state index in [0.717, 1.165) is 16.3 Å². The molecule has 0 atom stereocenters. The molecule has 3 rings (SSSR count). The van der Waals surface area contributed by atoms with Crippen molar-refractivity contribution in [2.75, 3.05) is 25.6 Å². The van der Waals surface area contributed by atoms with Crippen molar-refractivity contribution >= 4 is 33.0 Å². The van der Waals surface area contributed by atoms with E-state index in [-0.39, 0.29) is 24.0 Å². The number of aryl methyl sites for hydroxylation is 1. The first kappa shape index (κ1) is 21.1. The van der Waals surface area contributed by atoms with Gasteiger partial charge in [-0.25, -0.2) is 18.1 Å². The third-order valence-electron chi connectivity index (χ3n) is 4.06. The van der Waals surface area contributed by atoms with Crippen molar-refractivity contribution in [2.24, 2.45) is 0 Å². The van der Waals surface area contributed by atoms with Gasteiger partial charge < -0.3 is 10.1 Å². The summed E-state index contributed by atoms with van der Waals surface area (Å²) in [5, 5.41) is 5.77. The van der Waals surface area contributed by atoms with Crippen LogP contribution in [-0.2, 0) is 14.8 Å². The van der Waals surface area contributed by atoms with E-state index in [0.29, 0.717) is 11.3 Å². The fraction of sp³-hybridized carbons (Fsp3) is 0.200. The van der Waals surface area contributed by atoms with Gasteiger partial charge in [0, 0.05) is 35.8 Å². The van der Waals surface area contributed by atoms with Gasteiger partial charge in [-0.2, -0.15) is 0 Å². The number of benzene rings is 2. The zero-order valence-corrected chi connectivity index (χ0v) is 17.6. The second-order valence-electron chi connectivity index (χ2n) is 6.20. The van der Waals surface area contributed by atoms with E-state index < -0.39 is 10.0 Å². The number of carbonyl (C=O) groups is 1. The lowest BCUT2D eigenvalue weighted by atomic mass is 10.1. The molecular formula is C20H21N3O4S2. The van der Waals surface area contributed by atoms with Gasteiger partial charge in [-0.05, 0) is 43.3 Å². The van der Waals surface area contributed by atoms with Crippen molar-refractivity contribution in [1.82, 2.24) is 9.71 Å². The third-order valence-corrected chi connectivity index (χ3v) is 6.31. The quantitative estimate of drug-likeness (QED) is 0.534. The van der Waals surface area contributed by atoms with Crippen LogP contribution in [0.3, 0.4) is 0 Å². The average Bonchev–Trinajstić information content (AvgIpc) is 3.15. The first-order chi connectivity index (χ1) is 13.9. The number of anilines is 1. The highest BCUT2D eigenvalue weighted by Gasteiger charge is 2.15. The van der Waals surface area contributed by atoms with Crippen LogP contribution in [0.2, 0.25) is 0 Å². The Hall–Kier alpha value is -2.59. The monoisotopic (exact) mass is 431 g/mol. The van der Waals surface area contributed by atoms with Crippen molar-refractivity contribution < 1.29 is 17.9 Å². The van der Waals surface area contributed by atoms with Gasteiger partial charge in [0.1, 0.15) is 0 Å². The Balaban J connectivity index is 1.70. The first-order valence-electron chi connectivity index (χ1n) is 8.81. The summed E-state index contributed by atoms with van der Waals surface area (Å²) in [7, 11) is -2.14. The molecule has 0 unspecified atom stereocenters. The van der Waals surface area contributed by atoms with Crippen molar-refractivity contribution in [3.8, 4) is 11.3 Å². The summed E-state index contributed by atoms with van der Waals surface area (Å²) in [6.07, 6.45) is 0. The van der Waals surface area contributed by atoms with Gasteiger partial charge >= 0.3 is 0 Å². The smallest absolute Gasteiger partial charge is 0.255 e. The molecule has 3 aromatic rings. The summed E-state index contributed by atoms with van der Waals surface area (Å²) in [6.45, 7) is 2.39. The van der Waals surface area contributed by atoms with Gasteiger partial charge in [0.05, 0.1) is 22.2 Å². The number of nitrogens with zero attached hydrogens (tertiary/aromatic N) is 1. The Morgan fingerprint density at radius 3 is 2.59 bits per heavy atom. The van der Waals surface area contributed by atoms with Gasteiger partial charge in [-0.15, -0.1) is 11.3 Å². The first-order valence-corrected chi connectivity index (χ1v) is 11.2. The fourth-order valence-corrected chi connectivity index (χ4v) is 4.24. The maximum absolute atomic E-state index is 12.5. The highest BCUT2D eigenvalue weighted by atomic mass is 32.2. The second-order valence-corrected chi connectivity index (χ2v) is 9.03. The lowest BCUT2D eigenvalue weighted by Gasteiger charge is -2.09. The minimum atomic E-state index is -3.64. The minimum absolute atomic E-state index is 0.0889. The molecule has 0 saturated heterocycles. The molecule has 7 nitrogen and oxygen atoms in total. The van der Waals surface area contributed by atoms with Crippen molar-refractivity contribution in [1.29, 1.82) is 0 Å². The van der Waals surface area contributed by atoms with Gasteiger partial charge in [0.15, 0.2) is 0 Å². The predicted octanol–water partition coefficient (Wildman–Crippen LogP) is 3.30. The molecule has 1 aromatic heterocycles. The van der Waals surface area contributed by atoms with E-state index in [9.17, 15) is 13.2 Å². The van der Waals surface area contributed by atoms with Gasteiger partial charge in [0.2, 0.25) is 10.0 Å². The number of thiazole rings is 1. The van der Waals surface area contributed by atoms with E-state index in [1.807, 2.05) is 30.5 Å². The highest BCUT2D eigenvalue weighted by Crippen LogP contribution is 2.24. The maximum atomic E-state index is 12.5. The van der Waals surface area contributed by atoms with Gasteiger partial charge in [0.25, 0.3) is 5.91 Å². The average molecular weight is 432 g/mol. The molecule has 0 aliphatic carbocycles. The molecule has 152 valence electrons. The molecule has 2 N–H and O–H groups in total. The summed E-state index contributed by atoms with van der Waals surface area (Å²) in [5.74, 6) is -0.326. The highest BCUT2D eigenvalue weighted by molar-refractivity contribution is 7.89. The number of hydrogen-bond donors (Lipinski definition) is 2. The molecule has 29 heavy (non-hydrogen) atoms. The standard InChI is InChI=1S/C20H21N3O4S2/c1-14-22-19(13-28-14)16-4-3-5-17(12-16)23-20(24)15-6-8-18(9-7-15)29(25,26)21-10-11-27-2/h3-9,12-13,21H,10-11H2,1-2H3,(H,23,24). The van der Waals surface area contributed by atoms with E-state index in [1.54, 1.807) is 17.4 Å². The Bertz CT molecular complexity index is 1090. The Labute approximate surface area is 173 Å². The van der Waals surface area contributed by atoms with Crippen LogP contribution in [-0.4, -0.2) is 39.6 Å². The number of amides is 1. The van der Waals surface area contributed by atoms with E-state index >= 15 is 0 Å². The topological polar surface area (TPSA) is 97.4 Å². The Morgan fingerprint density at radius 1 is 1.17 bits per heavy atom. The van der Waals surface area contributed by atoms with Gasteiger partial charge in [-0.1, -0.05) is 12.1 Å². The SMILES string of the molecule is COCCNS(=O)(=O)c1ccc(C(=O)Nc2cccc(-c3csc(C)n3)c2)cc1. The van der Waals surface area contributed by atoms with Crippen LogP contribution in [0.15, 0.2) is 58.8 Å². The van der Waals surface area contributed by atoms with Crippen LogP contribution >= 0.6 is 11.3 Å². The molecule has 0 aliphatic rings. The predicted molar refractivity (Wildman–Crippen MR) is 114 cm³/mol. The van der Waals surface area contributed by atoms with E-state index in [1.165, 1.54) is 31.4 Å².